The summed E-state index contributed by atoms with van der Waals surface area (Å²) >= 11 is 0. The molecule has 0 aromatic rings. The Balaban J connectivity index is 0. The van der Waals surface area contributed by atoms with E-state index in [9.17, 15) is 0 Å². The molecule has 0 rings (SSSR count). The molecule has 0 saturated carbocycles. The SMILES string of the molecule is [K].[K].[K].[K].[K]. The molecule has 0 aliphatic rings. The fraction of sp³-hybridized carbons (Fsp3) is 0. The first kappa shape index (κ1) is 29.2. The van der Waals surface area contributed by atoms with E-state index in [1.54, 1.807) is 0 Å². The van der Waals surface area contributed by atoms with Gasteiger partial charge in [0, 0.05) is 257 Å². The number of rotatable bonds is 0. The van der Waals surface area contributed by atoms with Gasteiger partial charge in [-0.2, -0.15) is 0 Å². The second-order valence-corrected chi connectivity index (χ2v) is 0. The summed E-state index contributed by atoms with van der Waals surface area (Å²) < 4.78 is 0. The zero-order chi connectivity index (χ0) is 0. The molecule has 5 radical (unpaired) electrons. The smallest absolute Gasteiger partial charge is 0 e. The summed E-state index contributed by atoms with van der Waals surface area (Å²) in [6.07, 6.45) is 0. The van der Waals surface area contributed by atoms with E-state index in [4.69, 9.17) is 0 Å². The average Bonchev–Trinajstić information content (AvgIpc) is 0. The molecule has 0 aliphatic heterocycles. The van der Waals surface area contributed by atoms with Crippen LogP contribution >= 0.6 is 0 Å². The molecule has 5 valence electrons. The number of hydrogen-bond donors (Lipinski definition) is 0. The molecule has 0 unspecified atom stereocenters. The van der Waals surface area contributed by atoms with E-state index in [-0.39, 0.29) is 257 Å². The zero-order valence-corrected chi connectivity index (χ0v) is 20.6. The van der Waals surface area contributed by atoms with Gasteiger partial charge < -0.3 is 0 Å². The van der Waals surface area contributed by atoms with Gasteiger partial charge in [0.15, 0.2) is 0 Å². The first-order valence-corrected chi connectivity index (χ1v) is 0. The Hall–Kier alpha value is 8.18. The van der Waals surface area contributed by atoms with Gasteiger partial charge in [-0.15, -0.1) is 0 Å². The van der Waals surface area contributed by atoms with Crippen LogP contribution in [0.5, 0.6) is 0 Å². The molecule has 0 aliphatic carbocycles. The van der Waals surface area contributed by atoms with Crippen LogP contribution in [0.4, 0.5) is 0 Å². The summed E-state index contributed by atoms with van der Waals surface area (Å²) in [6.45, 7) is 0. The van der Waals surface area contributed by atoms with Gasteiger partial charge in [-0.1, -0.05) is 0 Å². The van der Waals surface area contributed by atoms with Crippen LogP contribution in [0.15, 0.2) is 0 Å². The van der Waals surface area contributed by atoms with E-state index in [1.807, 2.05) is 0 Å². The standard InChI is InChI=1S/5K. The Kier molecular flexibility index (Phi) is 133. The molecule has 0 atom stereocenters. The fourth-order valence-electron chi connectivity index (χ4n) is 0. The third-order valence-electron chi connectivity index (χ3n) is 0. The third-order valence-corrected chi connectivity index (χ3v) is 0. The summed E-state index contributed by atoms with van der Waals surface area (Å²) in [4.78, 5) is 0. The van der Waals surface area contributed by atoms with Crippen LogP contribution in [0.2, 0.25) is 0 Å². The Morgan fingerprint density at radius 2 is 0.200 bits per heavy atom. The fourth-order valence-corrected chi connectivity index (χ4v) is 0. The summed E-state index contributed by atoms with van der Waals surface area (Å²) in [5.41, 5.74) is 0. The van der Waals surface area contributed by atoms with Crippen LogP contribution in [0, 0.1) is 0 Å². The van der Waals surface area contributed by atoms with Crippen LogP contribution in [0.25, 0.3) is 0 Å². The van der Waals surface area contributed by atoms with Crippen molar-refractivity contribution in [3.05, 3.63) is 0 Å². The topological polar surface area (TPSA) is 0 Å². The van der Waals surface area contributed by atoms with Gasteiger partial charge in [0.25, 0.3) is 0 Å². The van der Waals surface area contributed by atoms with Gasteiger partial charge in [-0.05, 0) is 0 Å². The van der Waals surface area contributed by atoms with E-state index in [2.05, 4.69) is 0 Å². The predicted octanol–water partition coefficient (Wildman–Crippen LogP) is -1.90. The van der Waals surface area contributed by atoms with Gasteiger partial charge in [0.2, 0.25) is 0 Å². The Labute approximate surface area is 246 Å². The first-order valence-electron chi connectivity index (χ1n) is 0. The van der Waals surface area contributed by atoms with E-state index in [0.29, 0.717) is 0 Å². The van der Waals surface area contributed by atoms with Gasteiger partial charge in [0.05, 0.1) is 0 Å². The molecule has 0 spiro atoms. The normalized spacial score (nSPS) is 0. The molecular formula is K5. The van der Waals surface area contributed by atoms with E-state index in [0.717, 1.165) is 0 Å². The maximum atomic E-state index is 0. The van der Waals surface area contributed by atoms with Crippen molar-refractivity contribution in [1.82, 2.24) is 0 Å². The van der Waals surface area contributed by atoms with Gasteiger partial charge in [-0.3, -0.25) is 0 Å². The van der Waals surface area contributed by atoms with Crippen LogP contribution in [-0.4, -0.2) is 257 Å². The molecule has 0 bridgehead atoms. The summed E-state index contributed by atoms with van der Waals surface area (Å²) in [7, 11) is 0. The number of hydrogen-bond acceptors (Lipinski definition) is 0. The first-order chi connectivity index (χ1) is 0. The van der Waals surface area contributed by atoms with Crippen molar-refractivity contribution in [2.24, 2.45) is 0 Å². The second-order valence-electron chi connectivity index (χ2n) is 0. The van der Waals surface area contributed by atoms with E-state index < -0.39 is 0 Å². The molecule has 5 heteroatoms. The average molecular weight is 195 g/mol. The van der Waals surface area contributed by atoms with Gasteiger partial charge in [-0.25, -0.2) is 0 Å². The molecule has 0 heterocycles. The molecule has 5 heavy (non-hydrogen) atoms. The molecular weight excluding hydrogens is 195 g/mol. The van der Waals surface area contributed by atoms with E-state index >= 15 is 0 Å². The molecule has 0 fully saturated rings. The minimum absolute atomic E-state index is 0. The van der Waals surface area contributed by atoms with Crippen LogP contribution in [0.3, 0.4) is 0 Å². The molecule has 0 N–H and O–H groups in total. The van der Waals surface area contributed by atoms with Crippen LogP contribution < -0.4 is 0 Å². The summed E-state index contributed by atoms with van der Waals surface area (Å²) in [5.74, 6) is 0. The maximum Gasteiger partial charge on any atom is 0 e. The van der Waals surface area contributed by atoms with Crippen LogP contribution in [-0.2, 0) is 0 Å². The van der Waals surface area contributed by atoms with Crippen molar-refractivity contribution in [1.29, 1.82) is 0 Å². The minimum Gasteiger partial charge on any atom is 0 e. The van der Waals surface area contributed by atoms with Crippen molar-refractivity contribution in [2.45, 2.75) is 0 Å². The monoisotopic (exact) mass is 195 g/mol. The van der Waals surface area contributed by atoms with Crippen molar-refractivity contribution >= 4 is 257 Å². The quantitative estimate of drug-likeness (QED) is 0.396. The zero-order valence-electron chi connectivity index (χ0n) is 5.00. The molecule has 0 amide bonds. The largest absolute Gasteiger partial charge is 0 e. The Bertz CT molecular complexity index is 0. The molecule has 0 aromatic carbocycles. The Morgan fingerprint density at radius 3 is 0.200 bits per heavy atom. The molecule has 0 nitrogen and oxygen atoms in total. The maximum absolute atomic E-state index is 0. The van der Waals surface area contributed by atoms with Crippen molar-refractivity contribution in [3.63, 3.8) is 0 Å². The van der Waals surface area contributed by atoms with Crippen LogP contribution in [0.1, 0.15) is 0 Å². The molecule has 0 saturated heterocycles. The summed E-state index contributed by atoms with van der Waals surface area (Å²) in [6, 6.07) is 0. The Morgan fingerprint density at radius 1 is 0.200 bits per heavy atom. The predicted molar refractivity (Wildman–Crippen MR) is 28.8 cm³/mol. The molecule has 0 aromatic heterocycles. The summed E-state index contributed by atoms with van der Waals surface area (Å²) in [5, 5.41) is 0. The van der Waals surface area contributed by atoms with Gasteiger partial charge in [0.1, 0.15) is 0 Å². The van der Waals surface area contributed by atoms with Crippen molar-refractivity contribution in [3.8, 4) is 0 Å². The third kappa shape index (κ3) is 18.9. The van der Waals surface area contributed by atoms with Crippen molar-refractivity contribution in [2.75, 3.05) is 0 Å². The van der Waals surface area contributed by atoms with E-state index in [1.165, 1.54) is 0 Å². The van der Waals surface area contributed by atoms with Gasteiger partial charge >= 0.3 is 0 Å². The van der Waals surface area contributed by atoms with Crippen molar-refractivity contribution < 1.29 is 0 Å². The second kappa shape index (κ2) is 22.8. The minimum atomic E-state index is 0.